The summed E-state index contributed by atoms with van der Waals surface area (Å²) in [4.78, 5) is 27.5. The van der Waals surface area contributed by atoms with Crippen molar-refractivity contribution in [2.24, 2.45) is 0 Å². The van der Waals surface area contributed by atoms with E-state index in [9.17, 15) is 9.59 Å². The van der Waals surface area contributed by atoms with E-state index in [-0.39, 0.29) is 24.4 Å². The molecule has 1 fully saturated rings. The van der Waals surface area contributed by atoms with Gasteiger partial charge in [-0.15, -0.1) is 11.3 Å². The van der Waals surface area contributed by atoms with E-state index in [4.69, 9.17) is 0 Å². The van der Waals surface area contributed by atoms with Crippen LogP contribution in [0.25, 0.3) is 0 Å². The van der Waals surface area contributed by atoms with Crippen LogP contribution >= 0.6 is 11.3 Å². The maximum atomic E-state index is 12.4. The second-order valence-electron chi connectivity index (χ2n) is 5.02. The summed E-state index contributed by atoms with van der Waals surface area (Å²) >= 11 is 1.60. The largest absolute Gasteiger partial charge is 0.345 e. The summed E-state index contributed by atoms with van der Waals surface area (Å²) < 4.78 is 0. The van der Waals surface area contributed by atoms with Crippen LogP contribution < -0.4 is 5.32 Å². The van der Waals surface area contributed by atoms with Crippen LogP contribution in [0.4, 0.5) is 0 Å². The van der Waals surface area contributed by atoms with Gasteiger partial charge in [0.25, 0.3) is 0 Å². The third kappa shape index (κ3) is 2.56. The van der Waals surface area contributed by atoms with Crippen LogP contribution in [0.1, 0.15) is 29.4 Å². The van der Waals surface area contributed by atoms with Crippen molar-refractivity contribution in [1.82, 2.24) is 10.2 Å². The maximum absolute atomic E-state index is 12.4. The number of carbonyl (C=O) groups excluding carboxylic acids is 2. The molecule has 0 radical (unpaired) electrons. The highest BCUT2D eigenvalue weighted by atomic mass is 32.1. The number of piperazine rings is 1. The quantitative estimate of drug-likeness (QED) is 0.947. The lowest BCUT2D eigenvalue weighted by Gasteiger charge is -2.39. The van der Waals surface area contributed by atoms with Gasteiger partial charge in [0.05, 0.1) is 12.6 Å². The molecule has 1 aromatic heterocycles. The molecule has 1 saturated heterocycles. The summed E-state index contributed by atoms with van der Waals surface area (Å²) in [5.74, 6) is -0.173. The molecule has 5 heteroatoms. The Hall–Kier alpha value is -2.14. The molecule has 1 aromatic carbocycles. The second kappa shape index (κ2) is 5.69. The minimum atomic E-state index is -0.565. The Bertz CT molecular complexity index is 640. The predicted octanol–water partition coefficient (Wildman–Crippen LogP) is 2.51. The fraction of sp³-hybridized carbons (Fsp3) is 0.250. The van der Waals surface area contributed by atoms with Crippen molar-refractivity contribution in [3.05, 3.63) is 58.3 Å². The zero-order valence-corrected chi connectivity index (χ0v) is 12.5. The van der Waals surface area contributed by atoms with E-state index in [0.717, 1.165) is 10.4 Å². The Morgan fingerprint density at radius 3 is 2.62 bits per heavy atom. The van der Waals surface area contributed by atoms with E-state index < -0.39 is 6.04 Å². The van der Waals surface area contributed by atoms with Crippen LogP contribution in [0.2, 0.25) is 0 Å². The van der Waals surface area contributed by atoms with Gasteiger partial charge in [0.15, 0.2) is 0 Å². The first kappa shape index (κ1) is 13.8. The van der Waals surface area contributed by atoms with E-state index in [1.165, 1.54) is 0 Å². The molecule has 2 amide bonds. The number of benzene rings is 1. The summed E-state index contributed by atoms with van der Waals surface area (Å²) in [5, 5.41) is 4.67. The van der Waals surface area contributed by atoms with Gasteiger partial charge in [-0.05, 0) is 23.9 Å². The highest BCUT2D eigenvalue weighted by Gasteiger charge is 2.38. The molecule has 2 atom stereocenters. The van der Waals surface area contributed by atoms with Crippen LogP contribution in [0.15, 0.2) is 47.8 Å². The van der Waals surface area contributed by atoms with E-state index in [1.54, 1.807) is 16.2 Å². The van der Waals surface area contributed by atoms with E-state index >= 15 is 0 Å². The predicted molar refractivity (Wildman–Crippen MR) is 81.8 cm³/mol. The van der Waals surface area contributed by atoms with Gasteiger partial charge in [0.2, 0.25) is 11.8 Å². The van der Waals surface area contributed by atoms with Gasteiger partial charge in [-0.3, -0.25) is 9.59 Å². The van der Waals surface area contributed by atoms with Gasteiger partial charge in [-0.2, -0.15) is 0 Å². The van der Waals surface area contributed by atoms with Crippen molar-refractivity contribution in [1.29, 1.82) is 0 Å². The maximum Gasteiger partial charge on any atom is 0.247 e. The van der Waals surface area contributed by atoms with Gasteiger partial charge < -0.3 is 10.2 Å². The van der Waals surface area contributed by atoms with Crippen molar-refractivity contribution >= 4 is 23.2 Å². The van der Waals surface area contributed by atoms with E-state index in [0.29, 0.717) is 0 Å². The average Bonchev–Trinajstić information content (AvgIpc) is 3.04. The fourth-order valence-electron chi connectivity index (χ4n) is 2.67. The van der Waals surface area contributed by atoms with E-state index in [2.05, 4.69) is 5.32 Å². The van der Waals surface area contributed by atoms with Crippen LogP contribution in [0, 0.1) is 0 Å². The van der Waals surface area contributed by atoms with Crippen molar-refractivity contribution < 1.29 is 9.59 Å². The number of rotatable bonds is 3. The third-order valence-corrected chi connectivity index (χ3v) is 4.76. The lowest BCUT2D eigenvalue weighted by molar-refractivity contribution is -0.148. The number of hydrogen-bond donors (Lipinski definition) is 1. The standard InChI is InChI=1S/C16H16N2O2S/c1-11(13-8-5-9-21-13)18-14(19)10-17-16(20)15(18)12-6-3-2-4-7-12/h2-9,11,15H,10H2,1H3,(H,17,20). The molecule has 21 heavy (non-hydrogen) atoms. The molecule has 0 saturated carbocycles. The molecular weight excluding hydrogens is 284 g/mol. The first-order valence-electron chi connectivity index (χ1n) is 6.85. The van der Waals surface area contributed by atoms with Gasteiger partial charge in [-0.1, -0.05) is 36.4 Å². The van der Waals surface area contributed by atoms with E-state index in [1.807, 2.05) is 54.8 Å². The zero-order valence-electron chi connectivity index (χ0n) is 11.7. The molecule has 2 unspecified atom stereocenters. The molecule has 1 aliphatic heterocycles. The number of carbonyl (C=O) groups is 2. The molecule has 4 nitrogen and oxygen atoms in total. The average molecular weight is 300 g/mol. The zero-order chi connectivity index (χ0) is 14.8. The summed E-state index contributed by atoms with van der Waals surface area (Å²) in [5.41, 5.74) is 0.839. The lowest BCUT2D eigenvalue weighted by Crippen LogP contribution is -2.54. The SMILES string of the molecule is CC(c1cccs1)N1C(=O)CNC(=O)C1c1ccccc1. The first-order valence-corrected chi connectivity index (χ1v) is 7.73. The molecular formula is C16H16N2O2S. The summed E-state index contributed by atoms with van der Waals surface area (Å²) in [6, 6.07) is 12.7. The summed E-state index contributed by atoms with van der Waals surface area (Å²) in [6.45, 7) is 2.04. The molecule has 2 aromatic rings. The molecule has 0 aliphatic carbocycles. The minimum absolute atomic E-state index is 0.0515. The van der Waals surface area contributed by atoms with Gasteiger partial charge >= 0.3 is 0 Å². The fourth-order valence-corrected chi connectivity index (χ4v) is 3.46. The monoisotopic (exact) mass is 300 g/mol. The molecule has 3 rings (SSSR count). The molecule has 1 aliphatic rings. The van der Waals surface area contributed by atoms with Crippen molar-refractivity contribution in [2.45, 2.75) is 19.0 Å². The lowest BCUT2D eigenvalue weighted by atomic mass is 10.00. The van der Waals surface area contributed by atoms with Crippen LogP contribution in [0.5, 0.6) is 0 Å². The summed E-state index contributed by atoms with van der Waals surface area (Å²) in [7, 11) is 0. The normalized spacial score (nSPS) is 20.2. The van der Waals surface area contributed by atoms with Crippen LogP contribution in [-0.4, -0.2) is 23.3 Å². The van der Waals surface area contributed by atoms with Gasteiger partial charge in [0, 0.05) is 4.88 Å². The smallest absolute Gasteiger partial charge is 0.247 e. The number of hydrogen-bond acceptors (Lipinski definition) is 3. The number of amides is 2. The molecule has 1 N–H and O–H groups in total. The van der Waals surface area contributed by atoms with Gasteiger partial charge in [0.1, 0.15) is 6.04 Å². The second-order valence-corrected chi connectivity index (χ2v) is 6.00. The Kier molecular flexibility index (Phi) is 3.75. The molecule has 0 bridgehead atoms. The van der Waals surface area contributed by atoms with Gasteiger partial charge in [-0.25, -0.2) is 0 Å². The topological polar surface area (TPSA) is 49.4 Å². The van der Waals surface area contributed by atoms with Crippen LogP contribution in [-0.2, 0) is 9.59 Å². The first-order chi connectivity index (χ1) is 10.2. The highest BCUT2D eigenvalue weighted by molar-refractivity contribution is 7.10. The number of thiophene rings is 1. The molecule has 0 spiro atoms. The Balaban J connectivity index is 2.00. The molecule has 2 heterocycles. The Morgan fingerprint density at radius 2 is 1.95 bits per heavy atom. The number of nitrogens with one attached hydrogen (secondary N) is 1. The van der Waals surface area contributed by atoms with Crippen LogP contribution in [0.3, 0.4) is 0 Å². The highest BCUT2D eigenvalue weighted by Crippen LogP contribution is 2.34. The van der Waals surface area contributed by atoms with Crippen molar-refractivity contribution in [3.8, 4) is 0 Å². The third-order valence-electron chi connectivity index (χ3n) is 3.72. The minimum Gasteiger partial charge on any atom is -0.345 e. The Labute approximate surface area is 127 Å². The van der Waals surface area contributed by atoms with Crippen molar-refractivity contribution in [2.75, 3.05) is 6.54 Å². The summed E-state index contributed by atoms with van der Waals surface area (Å²) in [6.07, 6.45) is 0. The number of nitrogens with zero attached hydrogens (tertiary/aromatic N) is 1. The molecule has 108 valence electrons. The Morgan fingerprint density at radius 1 is 1.19 bits per heavy atom. The van der Waals surface area contributed by atoms with Crippen molar-refractivity contribution in [3.63, 3.8) is 0 Å².